The molecule has 1 rings (SSSR count). The van der Waals surface area contributed by atoms with Crippen molar-refractivity contribution in [2.45, 2.75) is 13.0 Å². The lowest BCUT2D eigenvalue weighted by atomic mass is 10.3. The second-order valence-corrected chi connectivity index (χ2v) is 3.08. The molecule has 0 unspecified atom stereocenters. The molecule has 0 amide bonds. The third-order valence-electron chi connectivity index (χ3n) is 1.81. The number of aryl methyl sites for hydroxylation is 1. The van der Waals surface area contributed by atoms with Gasteiger partial charge in [-0.1, -0.05) is 0 Å². The largest absolute Gasteiger partial charge is 0.481 e. The van der Waals surface area contributed by atoms with Crippen LogP contribution in [0.5, 0.6) is 5.88 Å². The van der Waals surface area contributed by atoms with Gasteiger partial charge in [0.05, 0.1) is 26.4 Å². The van der Waals surface area contributed by atoms with Crippen LogP contribution in [-0.4, -0.2) is 46.5 Å². The molecule has 1 aromatic heterocycles. The van der Waals surface area contributed by atoms with E-state index in [0.29, 0.717) is 11.8 Å². The van der Waals surface area contributed by atoms with Gasteiger partial charge >= 0.3 is 0 Å². The van der Waals surface area contributed by atoms with Crippen molar-refractivity contribution in [1.29, 1.82) is 0 Å². The summed E-state index contributed by atoms with van der Waals surface area (Å²) in [6, 6.07) is 1.23. The molecule has 0 aliphatic carbocycles. The molecule has 0 aliphatic rings. The highest BCUT2D eigenvalue weighted by Gasteiger charge is 2.08. The Balaban J connectivity index is 2.79. The van der Waals surface area contributed by atoms with E-state index in [0.717, 1.165) is 5.69 Å². The summed E-state index contributed by atoms with van der Waals surface area (Å²) < 4.78 is 4.97. The first-order valence-electron chi connectivity index (χ1n) is 4.57. The van der Waals surface area contributed by atoms with E-state index in [2.05, 4.69) is 15.3 Å². The molecule has 0 bridgehead atoms. The normalized spacial score (nSPS) is 10.5. The molecule has 3 N–H and O–H groups in total. The molecule has 0 radical (unpaired) electrons. The minimum Gasteiger partial charge on any atom is -0.481 e. The molecule has 0 aliphatic heterocycles. The SMILES string of the molecule is COc1cc(C)nc(NC(CO)CO)n1. The zero-order chi connectivity index (χ0) is 11.3. The van der Waals surface area contributed by atoms with Gasteiger partial charge in [0, 0.05) is 11.8 Å². The Morgan fingerprint density at radius 1 is 1.40 bits per heavy atom. The minimum absolute atomic E-state index is 0.184. The number of aromatic nitrogens is 2. The van der Waals surface area contributed by atoms with Crippen LogP contribution >= 0.6 is 0 Å². The standard InChI is InChI=1S/C9H15N3O3/c1-6-3-8(15-2)12-9(10-6)11-7(4-13)5-14/h3,7,13-14H,4-5H2,1-2H3,(H,10,11,12). The first kappa shape index (κ1) is 11.7. The third kappa shape index (κ3) is 3.34. The maximum absolute atomic E-state index is 8.87. The molecule has 84 valence electrons. The number of ether oxygens (including phenoxy) is 1. The van der Waals surface area contributed by atoms with Gasteiger partial charge in [-0.25, -0.2) is 4.98 Å². The summed E-state index contributed by atoms with van der Waals surface area (Å²) in [5.74, 6) is 0.777. The van der Waals surface area contributed by atoms with E-state index >= 15 is 0 Å². The number of anilines is 1. The molecule has 0 saturated heterocycles. The Morgan fingerprint density at radius 3 is 2.60 bits per heavy atom. The van der Waals surface area contributed by atoms with E-state index in [-0.39, 0.29) is 13.2 Å². The summed E-state index contributed by atoms with van der Waals surface area (Å²) in [6.45, 7) is 1.44. The van der Waals surface area contributed by atoms with Gasteiger partial charge in [-0.05, 0) is 6.92 Å². The van der Waals surface area contributed by atoms with E-state index in [1.54, 1.807) is 6.07 Å². The predicted octanol–water partition coefficient (Wildman–Crippen LogP) is -0.441. The van der Waals surface area contributed by atoms with Crippen LogP contribution in [-0.2, 0) is 0 Å². The van der Waals surface area contributed by atoms with Crippen LogP contribution in [0.2, 0.25) is 0 Å². The molecule has 15 heavy (non-hydrogen) atoms. The van der Waals surface area contributed by atoms with Gasteiger partial charge in [-0.2, -0.15) is 4.98 Å². The zero-order valence-corrected chi connectivity index (χ0v) is 8.77. The van der Waals surface area contributed by atoms with Gasteiger partial charge in [-0.3, -0.25) is 0 Å². The summed E-state index contributed by atoms with van der Waals surface area (Å²) in [4.78, 5) is 8.11. The van der Waals surface area contributed by atoms with Crippen LogP contribution in [0.4, 0.5) is 5.95 Å². The van der Waals surface area contributed by atoms with Crippen molar-refractivity contribution < 1.29 is 14.9 Å². The number of nitrogens with zero attached hydrogens (tertiary/aromatic N) is 2. The Labute approximate surface area is 87.9 Å². The van der Waals surface area contributed by atoms with Crippen molar-refractivity contribution >= 4 is 5.95 Å². The first-order valence-corrected chi connectivity index (χ1v) is 4.57. The summed E-state index contributed by atoms with van der Waals surface area (Å²) in [5, 5.41) is 20.5. The second-order valence-electron chi connectivity index (χ2n) is 3.08. The van der Waals surface area contributed by atoms with Crippen molar-refractivity contribution in [3.63, 3.8) is 0 Å². The van der Waals surface area contributed by atoms with Crippen molar-refractivity contribution in [3.8, 4) is 5.88 Å². The Bertz CT molecular complexity index is 315. The third-order valence-corrected chi connectivity index (χ3v) is 1.81. The molecule has 0 fully saturated rings. The number of hydrogen-bond acceptors (Lipinski definition) is 6. The van der Waals surface area contributed by atoms with Crippen molar-refractivity contribution in [1.82, 2.24) is 9.97 Å². The molecule has 0 saturated carbocycles. The lowest BCUT2D eigenvalue weighted by Crippen LogP contribution is -2.28. The fraction of sp³-hybridized carbons (Fsp3) is 0.556. The van der Waals surface area contributed by atoms with E-state index in [1.165, 1.54) is 7.11 Å². The smallest absolute Gasteiger partial charge is 0.226 e. The Kier molecular flexibility index (Phi) is 4.26. The summed E-state index contributed by atoms with van der Waals surface area (Å²) in [5.41, 5.74) is 0.749. The van der Waals surface area contributed by atoms with E-state index in [9.17, 15) is 0 Å². The lowest BCUT2D eigenvalue weighted by Gasteiger charge is -2.13. The predicted molar refractivity (Wildman–Crippen MR) is 54.9 cm³/mol. The van der Waals surface area contributed by atoms with E-state index < -0.39 is 6.04 Å². The average Bonchev–Trinajstić information content (AvgIpc) is 2.25. The van der Waals surface area contributed by atoms with Gasteiger partial charge in [0.25, 0.3) is 0 Å². The van der Waals surface area contributed by atoms with Crippen molar-refractivity contribution in [3.05, 3.63) is 11.8 Å². The monoisotopic (exact) mass is 213 g/mol. The fourth-order valence-electron chi connectivity index (χ4n) is 1.04. The maximum Gasteiger partial charge on any atom is 0.226 e. The number of aliphatic hydroxyl groups excluding tert-OH is 2. The zero-order valence-electron chi connectivity index (χ0n) is 8.77. The van der Waals surface area contributed by atoms with Gasteiger partial charge in [0.2, 0.25) is 11.8 Å². The number of hydrogen-bond donors (Lipinski definition) is 3. The molecule has 0 spiro atoms. The van der Waals surface area contributed by atoms with Crippen LogP contribution < -0.4 is 10.1 Å². The fourth-order valence-corrected chi connectivity index (χ4v) is 1.04. The molecule has 6 nitrogen and oxygen atoms in total. The number of rotatable bonds is 5. The summed E-state index contributed by atoms with van der Waals surface area (Å²) >= 11 is 0. The van der Waals surface area contributed by atoms with Crippen LogP contribution in [0.25, 0.3) is 0 Å². The summed E-state index contributed by atoms with van der Waals surface area (Å²) in [6.07, 6.45) is 0. The highest BCUT2D eigenvalue weighted by molar-refractivity contribution is 5.31. The molecule has 0 aromatic carbocycles. The van der Waals surface area contributed by atoms with Gasteiger partial charge < -0.3 is 20.3 Å². The minimum atomic E-state index is -0.462. The lowest BCUT2D eigenvalue weighted by molar-refractivity contribution is 0.203. The number of methoxy groups -OCH3 is 1. The van der Waals surface area contributed by atoms with Crippen LogP contribution in [0.3, 0.4) is 0 Å². The van der Waals surface area contributed by atoms with Crippen molar-refractivity contribution in [2.75, 3.05) is 25.6 Å². The Morgan fingerprint density at radius 2 is 2.07 bits per heavy atom. The molecule has 0 atom stereocenters. The van der Waals surface area contributed by atoms with Crippen LogP contribution in [0.1, 0.15) is 5.69 Å². The molecule has 1 heterocycles. The van der Waals surface area contributed by atoms with E-state index in [1.807, 2.05) is 6.92 Å². The number of nitrogens with one attached hydrogen (secondary N) is 1. The van der Waals surface area contributed by atoms with Crippen molar-refractivity contribution in [2.24, 2.45) is 0 Å². The van der Waals surface area contributed by atoms with Gasteiger partial charge in [0.1, 0.15) is 0 Å². The highest BCUT2D eigenvalue weighted by Crippen LogP contribution is 2.11. The second kappa shape index (κ2) is 5.47. The Hall–Kier alpha value is -1.40. The van der Waals surface area contributed by atoms with Gasteiger partial charge in [0.15, 0.2) is 0 Å². The topological polar surface area (TPSA) is 87.5 Å². The highest BCUT2D eigenvalue weighted by atomic mass is 16.5. The van der Waals surface area contributed by atoms with Crippen LogP contribution in [0, 0.1) is 6.92 Å². The van der Waals surface area contributed by atoms with Gasteiger partial charge in [-0.15, -0.1) is 0 Å². The molecular weight excluding hydrogens is 198 g/mol. The average molecular weight is 213 g/mol. The summed E-state index contributed by atoms with van der Waals surface area (Å²) in [7, 11) is 1.52. The molecule has 6 heteroatoms. The van der Waals surface area contributed by atoms with E-state index in [4.69, 9.17) is 14.9 Å². The first-order chi connectivity index (χ1) is 7.19. The quantitative estimate of drug-likeness (QED) is 0.614. The maximum atomic E-state index is 8.87. The molecular formula is C9H15N3O3. The number of aliphatic hydroxyl groups is 2. The van der Waals surface area contributed by atoms with Crippen LogP contribution in [0.15, 0.2) is 6.07 Å². The molecule has 1 aromatic rings.